The SMILES string of the molecule is CCC.CC[C@H](C)[C@@H]([C@@H](CC(C)=O)OC)N(C)C(=O)CNC(=O)[C@H](C(C)C)N(C)Cc1ccncc1.[HH]. The number of ketones is 1. The van der Waals surface area contributed by atoms with Crippen molar-refractivity contribution in [2.24, 2.45) is 11.8 Å². The Bertz CT molecular complexity index is 779. The fraction of sp³-hybridized carbons (Fsp3) is 0.714. The molecule has 1 aromatic heterocycles. The van der Waals surface area contributed by atoms with Gasteiger partial charge in [-0.25, -0.2) is 0 Å². The van der Waals surface area contributed by atoms with E-state index in [0.29, 0.717) is 6.54 Å². The lowest BCUT2D eigenvalue weighted by atomic mass is 9.90. The van der Waals surface area contributed by atoms with Gasteiger partial charge in [-0.2, -0.15) is 0 Å². The van der Waals surface area contributed by atoms with Crippen molar-refractivity contribution in [3.63, 3.8) is 0 Å². The molecule has 36 heavy (non-hydrogen) atoms. The Morgan fingerprint density at radius 3 is 2.08 bits per heavy atom. The highest BCUT2D eigenvalue weighted by Gasteiger charge is 2.34. The van der Waals surface area contributed by atoms with Gasteiger partial charge >= 0.3 is 0 Å². The van der Waals surface area contributed by atoms with Crippen LogP contribution in [-0.4, -0.2) is 78.3 Å². The number of pyridine rings is 1. The minimum absolute atomic E-state index is 0. The van der Waals surface area contributed by atoms with Crippen molar-refractivity contribution in [3.05, 3.63) is 30.1 Å². The minimum Gasteiger partial charge on any atom is -0.379 e. The van der Waals surface area contributed by atoms with E-state index >= 15 is 0 Å². The van der Waals surface area contributed by atoms with Gasteiger partial charge in [-0.1, -0.05) is 54.4 Å². The molecule has 4 atom stereocenters. The second-order valence-electron chi connectivity index (χ2n) is 9.95. The minimum atomic E-state index is -0.392. The van der Waals surface area contributed by atoms with Crippen LogP contribution in [0.15, 0.2) is 24.5 Å². The molecule has 0 aromatic carbocycles. The number of nitrogens with one attached hydrogen (secondary N) is 1. The van der Waals surface area contributed by atoms with E-state index in [4.69, 9.17) is 4.74 Å². The summed E-state index contributed by atoms with van der Waals surface area (Å²) < 4.78 is 5.59. The van der Waals surface area contributed by atoms with Crippen molar-refractivity contribution in [1.29, 1.82) is 0 Å². The van der Waals surface area contributed by atoms with Gasteiger partial charge in [0.25, 0.3) is 0 Å². The quantitative estimate of drug-likeness (QED) is 0.405. The molecule has 1 aromatic rings. The first-order chi connectivity index (χ1) is 16.9. The van der Waals surface area contributed by atoms with Crippen LogP contribution in [0.2, 0.25) is 0 Å². The Morgan fingerprint density at radius 2 is 1.64 bits per heavy atom. The van der Waals surface area contributed by atoms with Gasteiger partial charge in [0, 0.05) is 40.9 Å². The maximum absolute atomic E-state index is 13.0. The zero-order valence-electron chi connectivity index (χ0n) is 24.2. The Labute approximate surface area is 220 Å². The van der Waals surface area contributed by atoms with Gasteiger partial charge < -0.3 is 15.0 Å². The highest BCUT2D eigenvalue weighted by molar-refractivity contribution is 5.87. The summed E-state index contributed by atoms with van der Waals surface area (Å²) in [5.74, 6) is -0.185. The zero-order valence-corrected chi connectivity index (χ0v) is 24.2. The average molecular weight is 509 g/mol. The Morgan fingerprint density at radius 1 is 1.08 bits per heavy atom. The molecule has 2 amide bonds. The normalized spacial score (nSPS) is 14.3. The number of rotatable bonds is 14. The van der Waals surface area contributed by atoms with Crippen LogP contribution in [0, 0.1) is 11.8 Å². The van der Waals surface area contributed by atoms with Gasteiger partial charge in [0.2, 0.25) is 11.8 Å². The predicted molar refractivity (Wildman–Crippen MR) is 148 cm³/mol. The van der Waals surface area contributed by atoms with Crippen molar-refractivity contribution >= 4 is 17.6 Å². The summed E-state index contributed by atoms with van der Waals surface area (Å²) in [5, 5.41) is 2.83. The Kier molecular flexibility index (Phi) is 16.8. The van der Waals surface area contributed by atoms with Crippen LogP contribution in [0.25, 0.3) is 0 Å². The van der Waals surface area contributed by atoms with Gasteiger partial charge in [-0.15, -0.1) is 0 Å². The van der Waals surface area contributed by atoms with Crippen molar-refractivity contribution < 1.29 is 20.5 Å². The lowest BCUT2D eigenvalue weighted by molar-refractivity contribution is -0.140. The molecule has 1 rings (SSSR count). The van der Waals surface area contributed by atoms with Crippen LogP contribution < -0.4 is 5.32 Å². The Balaban J connectivity index is 0. The third-order valence-corrected chi connectivity index (χ3v) is 6.21. The molecule has 8 nitrogen and oxygen atoms in total. The predicted octanol–water partition coefficient (Wildman–Crippen LogP) is 4.18. The summed E-state index contributed by atoms with van der Waals surface area (Å²) >= 11 is 0. The monoisotopic (exact) mass is 508 g/mol. The van der Waals surface area contributed by atoms with Gasteiger partial charge in [0.15, 0.2) is 0 Å². The fourth-order valence-corrected chi connectivity index (χ4v) is 4.31. The number of hydrogen-bond acceptors (Lipinski definition) is 6. The molecule has 0 aliphatic heterocycles. The van der Waals surface area contributed by atoms with E-state index in [-0.39, 0.29) is 55.9 Å². The first kappa shape index (κ1) is 33.7. The molecule has 208 valence electrons. The molecule has 0 saturated heterocycles. The standard InChI is InChI=1S/C25H42N4O4.C3H8.H2/c1-9-18(4)24(21(33-8)14-19(5)30)29(7)22(31)15-27-25(32)23(17(2)3)28(6)16-20-10-12-26-13-11-20;1-3-2;/h10-13,17-18,21,23-24H,9,14-16H2,1-8H3,(H,27,32);3H2,1-2H3;1H/t18-,21+,23-,24-;;/m0../s1. The van der Waals surface area contributed by atoms with Crippen LogP contribution in [0.4, 0.5) is 0 Å². The molecule has 0 saturated carbocycles. The number of aromatic nitrogens is 1. The van der Waals surface area contributed by atoms with Gasteiger partial charge in [0.05, 0.1) is 24.7 Å². The second-order valence-corrected chi connectivity index (χ2v) is 9.95. The smallest absolute Gasteiger partial charge is 0.242 e. The lowest BCUT2D eigenvalue weighted by Gasteiger charge is -2.37. The van der Waals surface area contributed by atoms with E-state index < -0.39 is 6.10 Å². The van der Waals surface area contributed by atoms with E-state index in [1.807, 2.05) is 51.8 Å². The molecule has 1 heterocycles. The highest BCUT2D eigenvalue weighted by Crippen LogP contribution is 2.22. The molecular weight excluding hydrogens is 456 g/mol. The van der Waals surface area contributed by atoms with E-state index in [2.05, 4.69) is 24.1 Å². The fourth-order valence-electron chi connectivity index (χ4n) is 4.31. The number of ether oxygens (including phenoxy) is 1. The molecule has 1 N–H and O–H groups in total. The number of carbonyl (C=O) groups excluding carboxylic acids is 3. The van der Waals surface area contributed by atoms with Crippen LogP contribution >= 0.6 is 0 Å². The van der Waals surface area contributed by atoms with Crippen LogP contribution in [0.1, 0.15) is 74.7 Å². The van der Waals surface area contributed by atoms with E-state index in [1.165, 1.54) is 13.3 Å². The summed E-state index contributed by atoms with van der Waals surface area (Å²) in [7, 11) is 5.18. The lowest BCUT2D eigenvalue weighted by Crippen LogP contribution is -2.54. The molecule has 0 spiro atoms. The summed E-state index contributed by atoms with van der Waals surface area (Å²) in [6.45, 7) is 14.3. The largest absolute Gasteiger partial charge is 0.379 e. The van der Waals surface area contributed by atoms with Crippen LogP contribution in [0.3, 0.4) is 0 Å². The van der Waals surface area contributed by atoms with Crippen molar-refractivity contribution in [2.75, 3.05) is 27.7 Å². The molecule has 0 radical (unpaired) electrons. The number of likely N-dealkylation sites (N-methyl/N-ethyl adjacent to an activating group) is 2. The molecular formula is C28H52N4O4. The van der Waals surface area contributed by atoms with E-state index in [0.717, 1.165) is 12.0 Å². The number of hydrogen-bond donors (Lipinski definition) is 1. The zero-order chi connectivity index (χ0) is 27.8. The number of Topliss-reactive ketones (excluding diaryl/α,β-unsaturated/α-hetero) is 1. The first-order valence-corrected chi connectivity index (χ1v) is 13.1. The molecule has 0 unspecified atom stereocenters. The van der Waals surface area contributed by atoms with Gasteiger partial charge in [-0.05, 0) is 43.5 Å². The van der Waals surface area contributed by atoms with E-state index in [9.17, 15) is 14.4 Å². The topological polar surface area (TPSA) is 91.8 Å². The number of amides is 2. The third kappa shape index (κ3) is 11.6. The average Bonchev–Trinajstić information content (AvgIpc) is 2.82. The van der Waals surface area contributed by atoms with E-state index in [1.54, 1.807) is 31.5 Å². The molecule has 0 aliphatic carbocycles. The van der Waals surface area contributed by atoms with Gasteiger partial charge in [-0.3, -0.25) is 24.3 Å². The summed E-state index contributed by atoms with van der Waals surface area (Å²) in [4.78, 5) is 45.4. The van der Waals surface area contributed by atoms with Crippen molar-refractivity contribution in [2.45, 2.75) is 92.5 Å². The maximum atomic E-state index is 13.0. The number of nitrogens with zero attached hydrogens (tertiary/aromatic N) is 3. The van der Waals surface area contributed by atoms with Crippen molar-refractivity contribution in [3.8, 4) is 0 Å². The third-order valence-electron chi connectivity index (χ3n) is 6.21. The molecule has 0 fully saturated rings. The summed E-state index contributed by atoms with van der Waals surface area (Å²) in [6, 6.07) is 3.20. The number of methoxy groups -OCH3 is 1. The molecule has 0 bridgehead atoms. The molecule has 0 aliphatic rings. The van der Waals surface area contributed by atoms with Crippen molar-refractivity contribution in [1.82, 2.24) is 20.1 Å². The summed E-state index contributed by atoms with van der Waals surface area (Å²) in [6.07, 6.45) is 5.40. The molecule has 8 heteroatoms. The van der Waals surface area contributed by atoms with Gasteiger partial charge in [0.1, 0.15) is 5.78 Å². The van der Waals surface area contributed by atoms with Crippen LogP contribution in [-0.2, 0) is 25.7 Å². The summed E-state index contributed by atoms with van der Waals surface area (Å²) in [5.41, 5.74) is 1.06. The second kappa shape index (κ2) is 18.0. The maximum Gasteiger partial charge on any atom is 0.242 e. The first-order valence-electron chi connectivity index (χ1n) is 13.1. The van der Waals surface area contributed by atoms with Crippen LogP contribution in [0.5, 0.6) is 0 Å². The Hall–Kier alpha value is -2.32. The number of carbonyl (C=O) groups is 3. The highest BCUT2D eigenvalue weighted by atomic mass is 16.5.